The van der Waals surface area contributed by atoms with Gasteiger partial charge in [-0.1, -0.05) is 61.5 Å². The summed E-state index contributed by atoms with van der Waals surface area (Å²) in [7, 11) is 2.88. The lowest BCUT2D eigenvalue weighted by atomic mass is 9.69. The first-order chi connectivity index (χ1) is 27.1. The predicted molar refractivity (Wildman–Crippen MR) is 216 cm³/mol. The van der Waals surface area contributed by atoms with E-state index >= 15 is 8.78 Å². The number of carboxylic acids is 1. The number of ether oxygens (including phenoxy) is 2. The summed E-state index contributed by atoms with van der Waals surface area (Å²) in [6.07, 6.45) is 4.37. The highest BCUT2D eigenvalue weighted by Crippen LogP contribution is 2.50. The molecular formula is C45H57F4N3O5. The molecular weight excluding hydrogens is 739 g/mol. The molecule has 310 valence electrons. The maximum Gasteiger partial charge on any atom is 0.326 e. The summed E-state index contributed by atoms with van der Waals surface area (Å²) in [4.78, 5) is 32.2. The van der Waals surface area contributed by atoms with Crippen LogP contribution in [-0.4, -0.2) is 103 Å². The Morgan fingerprint density at radius 3 is 2.25 bits per heavy atom. The molecule has 2 fully saturated rings. The van der Waals surface area contributed by atoms with Crippen LogP contribution in [0.4, 0.5) is 17.6 Å². The molecule has 0 aliphatic carbocycles. The number of methoxy groups -OCH3 is 1. The summed E-state index contributed by atoms with van der Waals surface area (Å²) in [6.45, 7) is 10.6. The number of likely N-dealkylation sites (tertiary alicyclic amines) is 2. The third-order valence-electron chi connectivity index (χ3n) is 11.8. The maximum atomic E-state index is 16.2. The van der Waals surface area contributed by atoms with E-state index in [-0.39, 0.29) is 19.5 Å². The minimum atomic E-state index is -3.73. The fourth-order valence-corrected chi connectivity index (χ4v) is 8.61. The minimum absolute atomic E-state index is 0.170. The number of hydrogen-bond acceptors (Lipinski definition) is 6. The maximum absolute atomic E-state index is 16.2. The van der Waals surface area contributed by atoms with Crippen LogP contribution in [0.5, 0.6) is 5.75 Å². The second-order valence-electron chi connectivity index (χ2n) is 15.5. The number of alkyl halides is 4. The summed E-state index contributed by atoms with van der Waals surface area (Å²) in [5, 5.41) is 12.2. The number of piperidine rings is 2. The number of carboxylic acid groups (broad SMARTS) is 1. The summed E-state index contributed by atoms with van der Waals surface area (Å²) in [5.41, 5.74) is 1.65. The molecule has 2 heterocycles. The van der Waals surface area contributed by atoms with Crippen molar-refractivity contribution >= 4 is 22.6 Å². The Morgan fingerprint density at radius 1 is 0.965 bits per heavy atom. The molecule has 0 bridgehead atoms. The van der Waals surface area contributed by atoms with E-state index in [0.717, 1.165) is 76.9 Å². The number of hydrogen-bond donors (Lipinski definition) is 1. The van der Waals surface area contributed by atoms with Crippen molar-refractivity contribution in [2.45, 2.75) is 90.3 Å². The molecule has 2 aliphatic heterocycles. The fraction of sp³-hybridized carbons (Fsp3) is 0.511. The molecule has 0 aromatic heterocycles. The van der Waals surface area contributed by atoms with Crippen LogP contribution in [0.15, 0.2) is 72.8 Å². The molecule has 2 aliphatic rings. The first-order valence-corrected chi connectivity index (χ1v) is 19.9. The van der Waals surface area contributed by atoms with Crippen molar-refractivity contribution in [1.82, 2.24) is 14.7 Å². The first-order valence-electron chi connectivity index (χ1n) is 19.9. The number of likely N-dealkylation sites (N-methyl/N-ethyl adjacent to an activating group) is 1. The zero-order chi connectivity index (χ0) is 41.5. The van der Waals surface area contributed by atoms with E-state index in [9.17, 15) is 23.5 Å². The number of allylic oxidation sites excluding steroid dienone is 2. The van der Waals surface area contributed by atoms with Crippen molar-refractivity contribution in [1.29, 1.82) is 0 Å². The molecule has 3 aromatic rings. The molecule has 12 heteroatoms. The average Bonchev–Trinajstić information content (AvgIpc) is 3.18. The van der Waals surface area contributed by atoms with Crippen molar-refractivity contribution < 1.29 is 41.7 Å². The lowest BCUT2D eigenvalue weighted by molar-refractivity contribution is -0.177. The number of nitrogens with zero attached hydrogens (tertiary/aromatic N) is 3. The van der Waals surface area contributed by atoms with E-state index < -0.39 is 60.1 Å². The van der Waals surface area contributed by atoms with E-state index in [1.165, 1.54) is 31.4 Å². The Morgan fingerprint density at radius 2 is 1.63 bits per heavy atom. The third kappa shape index (κ3) is 9.39. The third-order valence-corrected chi connectivity index (χ3v) is 11.8. The van der Waals surface area contributed by atoms with Gasteiger partial charge in [-0.3, -0.25) is 14.6 Å². The summed E-state index contributed by atoms with van der Waals surface area (Å²) >= 11 is 0. The van der Waals surface area contributed by atoms with Crippen LogP contribution in [-0.2, 0) is 33.9 Å². The van der Waals surface area contributed by atoms with Crippen LogP contribution >= 0.6 is 0 Å². The largest absolute Gasteiger partial charge is 0.496 e. The SMILES string of the molecule is C=C(C)C(F)(F)C1(C(=O)N(C)[C@@H](Cc2cccc3c(-c4c(OC)ccc(COCC)c4CN4CCCCC4)cccc23)C(=O)O)CCN(CC(F)(F)/C=C/C)CC1. The normalized spacial score (nSPS) is 17.5. The second kappa shape index (κ2) is 18.6. The van der Waals surface area contributed by atoms with Crippen molar-refractivity contribution in [2.75, 3.05) is 53.5 Å². The molecule has 0 unspecified atom stereocenters. The standard InChI is InChI=1S/C45H57F4N3O5/c1-7-20-44(46,47)30-52-25-21-43(22-26-52,45(48,49)31(3)4)42(55)50(5)38(41(53)54)27-32-14-12-16-35-34(32)15-13-17-36(35)40-37(28-51-23-10-9-11-24-51)33(29-57-8-2)18-19-39(40)56-6/h7,12-20,38H,3,8-11,21-30H2,1-2,4-6H3,(H,53,54)/b20-7+/t38-/m0/s1. The van der Waals surface area contributed by atoms with Gasteiger partial charge < -0.3 is 19.5 Å². The molecule has 1 atom stereocenters. The van der Waals surface area contributed by atoms with Crippen molar-refractivity contribution in [3.05, 3.63) is 89.5 Å². The Balaban J connectivity index is 1.53. The molecule has 1 amide bonds. The highest BCUT2D eigenvalue weighted by molar-refractivity contribution is 6.01. The molecule has 1 N–H and O–H groups in total. The number of carbonyl (C=O) groups is 2. The Hall–Kier alpha value is -4.26. The van der Waals surface area contributed by atoms with Gasteiger partial charge in [0.05, 0.1) is 20.3 Å². The Labute approximate surface area is 334 Å². The number of halogens is 4. The van der Waals surface area contributed by atoms with E-state index in [0.29, 0.717) is 31.1 Å². The molecule has 57 heavy (non-hydrogen) atoms. The van der Waals surface area contributed by atoms with Gasteiger partial charge in [-0.05, 0) is 123 Å². The van der Waals surface area contributed by atoms with E-state index in [1.807, 2.05) is 49.4 Å². The second-order valence-corrected chi connectivity index (χ2v) is 15.5. The van der Waals surface area contributed by atoms with Gasteiger partial charge in [-0.15, -0.1) is 0 Å². The van der Waals surface area contributed by atoms with Crippen molar-refractivity contribution in [3.8, 4) is 16.9 Å². The van der Waals surface area contributed by atoms with E-state index in [1.54, 1.807) is 13.2 Å². The molecule has 0 spiro atoms. The number of carbonyl (C=O) groups excluding carboxylic acids is 1. The lowest BCUT2D eigenvalue weighted by Gasteiger charge is -2.47. The molecule has 0 radical (unpaired) electrons. The highest BCUT2D eigenvalue weighted by Gasteiger charge is 2.61. The smallest absolute Gasteiger partial charge is 0.326 e. The van der Waals surface area contributed by atoms with Crippen LogP contribution in [0.1, 0.15) is 69.6 Å². The average molecular weight is 796 g/mol. The lowest BCUT2D eigenvalue weighted by Crippen LogP contribution is -2.61. The van der Waals surface area contributed by atoms with Crippen molar-refractivity contribution in [3.63, 3.8) is 0 Å². The van der Waals surface area contributed by atoms with E-state index in [2.05, 4.69) is 11.5 Å². The number of rotatable bonds is 17. The number of aliphatic carboxylic acids is 1. The van der Waals surface area contributed by atoms with Crippen molar-refractivity contribution in [2.24, 2.45) is 5.41 Å². The van der Waals surface area contributed by atoms with Crippen LogP contribution < -0.4 is 4.74 Å². The highest BCUT2D eigenvalue weighted by atomic mass is 19.3. The fourth-order valence-electron chi connectivity index (χ4n) is 8.61. The minimum Gasteiger partial charge on any atom is -0.496 e. The van der Waals surface area contributed by atoms with Gasteiger partial charge in [-0.2, -0.15) is 0 Å². The zero-order valence-corrected chi connectivity index (χ0v) is 33.9. The molecule has 0 saturated carbocycles. The monoisotopic (exact) mass is 795 g/mol. The first kappa shape index (κ1) is 43.9. The van der Waals surface area contributed by atoms with Gasteiger partial charge in [0.15, 0.2) is 0 Å². The number of benzene rings is 3. The van der Waals surface area contributed by atoms with Gasteiger partial charge in [0.25, 0.3) is 11.8 Å². The topological polar surface area (TPSA) is 82.5 Å². The number of fused-ring (bicyclic) bond motifs is 1. The van der Waals surface area contributed by atoms with Gasteiger partial charge in [-0.25, -0.2) is 22.4 Å². The van der Waals surface area contributed by atoms with Crippen LogP contribution in [0.2, 0.25) is 0 Å². The summed E-state index contributed by atoms with van der Waals surface area (Å²) in [6, 6.07) is 13.9. The predicted octanol–water partition coefficient (Wildman–Crippen LogP) is 9.00. The van der Waals surface area contributed by atoms with Crippen LogP contribution in [0.3, 0.4) is 0 Å². The van der Waals surface area contributed by atoms with Gasteiger partial charge in [0.1, 0.15) is 17.2 Å². The summed E-state index contributed by atoms with van der Waals surface area (Å²) < 4.78 is 73.3. The van der Waals surface area contributed by atoms with E-state index in [4.69, 9.17) is 9.47 Å². The molecule has 2 saturated heterocycles. The van der Waals surface area contributed by atoms with Crippen LogP contribution in [0, 0.1) is 5.41 Å². The number of amides is 1. The molecule has 8 nitrogen and oxygen atoms in total. The molecule has 3 aromatic carbocycles. The summed E-state index contributed by atoms with van der Waals surface area (Å²) in [5.74, 6) is -8.62. The van der Waals surface area contributed by atoms with Gasteiger partial charge >= 0.3 is 5.97 Å². The Kier molecular flexibility index (Phi) is 14.3. The quantitative estimate of drug-likeness (QED) is 0.108. The zero-order valence-electron chi connectivity index (χ0n) is 33.9. The van der Waals surface area contributed by atoms with Gasteiger partial charge in [0.2, 0.25) is 5.91 Å². The van der Waals surface area contributed by atoms with Gasteiger partial charge in [0, 0.05) is 32.2 Å². The molecule has 5 rings (SSSR count). The Bertz CT molecular complexity index is 1940. The van der Waals surface area contributed by atoms with Crippen LogP contribution in [0.25, 0.3) is 21.9 Å².